The van der Waals surface area contributed by atoms with Gasteiger partial charge in [-0.2, -0.15) is 0 Å². The second-order valence-electron chi connectivity index (χ2n) is 5.29. The monoisotopic (exact) mass is 374 g/mol. The van der Waals surface area contributed by atoms with E-state index < -0.39 is 0 Å². The van der Waals surface area contributed by atoms with E-state index in [0.29, 0.717) is 21.7 Å². The van der Waals surface area contributed by atoms with Crippen LogP contribution in [0.4, 0.5) is 0 Å². The fraction of sp³-hybridized carbons (Fsp3) is 0.167. The molecular weight excluding hydrogens is 360 g/mol. The number of aromatic nitrogens is 2. The van der Waals surface area contributed by atoms with Crippen LogP contribution >= 0.6 is 23.4 Å². The highest BCUT2D eigenvalue weighted by Gasteiger charge is 2.13. The van der Waals surface area contributed by atoms with Gasteiger partial charge in [-0.1, -0.05) is 65.3 Å². The van der Waals surface area contributed by atoms with Gasteiger partial charge in [0.25, 0.3) is 5.22 Å². The summed E-state index contributed by atoms with van der Waals surface area (Å²) in [5, 5.41) is 8.69. The van der Waals surface area contributed by atoms with Crippen LogP contribution in [0.5, 0.6) is 0 Å². The van der Waals surface area contributed by atoms with Gasteiger partial charge in [-0.15, -0.1) is 10.2 Å². The van der Waals surface area contributed by atoms with Gasteiger partial charge >= 0.3 is 5.97 Å². The Balaban J connectivity index is 1.51. The van der Waals surface area contributed by atoms with E-state index in [-0.39, 0.29) is 18.3 Å². The molecule has 0 aliphatic heterocycles. The SMILES string of the molecule is Cc1ccc(COC(=O)CSc2nnc(-c3ccccc3Cl)o2)cc1. The van der Waals surface area contributed by atoms with Crippen molar-refractivity contribution in [3.8, 4) is 11.5 Å². The number of hydrogen-bond acceptors (Lipinski definition) is 6. The van der Waals surface area contributed by atoms with Crippen molar-refractivity contribution < 1.29 is 13.9 Å². The Kier molecular flexibility index (Phi) is 5.73. The predicted molar refractivity (Wildman–Crippen MR) is 96.4 cm³/mol. The summed E-state index contributed by atoms with van der Waals surface area (Å²) in [5.41, 5.74) is 2.77. The summed E-state index contributed by atoms with van der Waals surface area (Å²) in [6.45, 7) is 2.25. The van der Waals surface area contributed by atoms with Crippen LogP contribution < -0.4 is 0 Å². The number of thioether (sulfide) groups is 1. The van der Waals surface area contributed by atoms with Gasteiger partial charge in [0.1, 0.15) is 12.4 Å². The molecule has 0 fully saturated rings. The van der Waals surface area contributed by atoms with Crippen molar-refractivity contribution in [2.45, 2.75) is 18.8 Å². The molecule has 25 heavy (non-hydrogen) atoms. The third kappa shape index (κ3) is 4.84. The third-order valence-corrected chi connectivity index (χ3v) is 4.47. The number of benzene rings is 2. The summed E-state index contributed by atoms with van der Waals surface area (Å²) >= 11 is 7.23. The van der Waals surface area contributed by atoms with E-state index in [0.717, 1.165) is 22.9 Å². The molecule has 0 bridgehead atoms. The fourth-order valence-electron chi connectivity index (χ4n) is 2.02. The molecule has 0 spiro atoms. The molecule has 0 radical (unpaired) electrons. The molecule has 0 atom stereocenters. The molecule has 1 aromatic heterocycles. The first kappa shape index (κ1) is 17.5. The normalized spacial score (nSPS) is 10.6. The summed E-state index contributed by atoms with van der Waals surface area (Å²) < 4.78 is 10.8. The van der Waals surface area contributed by atoms with Gasteiger partial charge in [-0.3, -0.25) is 4.79 Å². The largest absolute Gasteiger partial charge is 0.460 e. The second-order valence-corrected chi connectivity index (χ2v) is 6.62. The zero-order valence-electron chi connectivity index (χ0n) is 13.4. The second kappa shape index (κ2) is 8.18. The minimum absolute atomic E-state index is 0.0933. The maximum absolute atomic E-state index is 11.8. The number of hydrogen-bond donors (Lipinski definition) is 0. The molecule has 2 aromatic carbocycles. The lowest BCUT2D eigenvalue weighted by molar-refractivity contribution is -0.141. The van der Waals surface area contributed by atoms with Crippen molar-refractivity contribution >= 4 is 29.3 Å². The van der Waals surface area contributed by atoms with Gasteiger partial charge in [0, 0.05) is 0 Å². The van der Waals surface area contributed by atoms with E-state index in [1.807, 2.05) is 43.3 Å². The van der Waals surface area contributed by atoms with E-state index in [1.165, 1.54) is 0 Å². The highest BCUT2D eigenvalue weighted by Crippen LogP contribution is 2.28. The molecule has 0 aliphatic carbocycles. The summed E-state index contributed by atoms with van der Waals surface area (Å²) in [4.78, 5) is 11.8. The topological polar surface area (TPSA) is 65.2 Å². The summed E-state index contributed by atoms with van der Waals surface area (Å²) in [7, 11) is 0. The number of aryl methyl sites for hydroxylation is 1. The lowest BCUT2D eigenvalue weighted by atomic mass is 10.2. The van der Waals surface area contributed by atoms with Crippen LogP contribution in [0.2, 0.25) is 5.02 Å². The third-order valence-electron chi connectivity index (χ3n) is 3.34. The van der Waals surface area contributed by atoms with Crippen LogP contribution in [0, 0.1) is 6.92 Å². The Morgan fingerprint density at radius 2 is 1.92 bits per heavy atom. The average molecular weight is 375 g/mol. The number of nitrogens with zero attached hydrogens (tertiary/aromatic N) is 2. The highest BCUT2D eigenvalue weighted by molar-refractivity contribution is 7.99. The Morgan fingerprint density at radius 3 is 2.68 bits per heavy atom. The van der Waals surface area contributed by atoms with Crippen LogP contribution in [0.1, 0.15) is 11.1 Å². The maximum atomic E-state index is 11.8. The van der Waals surface area contributed by atoms with Gasteiger partial charge in [0.05, 0.1) is 10.6 Å². The minimum atomic E-state index is -0.344. The van der Waals surface area contributed by atoms with Crippen LogP contribution in [-0.2, 0) is 16.1 Å². The van der Waals surface area contributed by atoms with Crippen LogP contribution in [0.15, 0.2) is 58.2 Å². The molecule has 0 saturated carbocycles. The molecule has 5 nitrogen and oxygen atoms in total. The number of rotatable bonds is 6. The van der Waals surface area contributed by atoms with Crippen molar-refractivity contribution in [2.24, 2.45) is 0 Å². The van der Waals surface area contributed by atoms with Crippen LogP contribution in [0.3, 0.4) is 0 Å². The molecule has 0 N–H and O–H groups in total. The Bertz CT molecular complexity index is 865. The van der Waals surface area contributed by atoms with Crippen LogP contribution in [-0.4, -0.2) is 21.9 Å². The first-order chi connectivity index (χ1) is 12.1. The Hall–Kier alpha value is -2.31. The van der Waals surface area contributed by atoms with E-state index in [1.54, 1.807) is 12.1 Å². The van der Waals surface area contributed by atoms with E-state index in [4.69, 9.17) is 20.8 Å². The van der Waals surface area contributed by atoms with Crippen molar-refractivity contribution in [2.75, 3.05) is 5.75 Å². The Morgan fingerprint density at radius 1 is 1.16 bits per heavy atom. The summed E-state index contributed by atoms with van der Waals surface area (Å²) in [6.07, 6.45) is 0. The predicted octanol–water partition coefficient (Wildman–Crippen LogP) is 4.53. The van der Waals surface area contributed by atoms with Crippen molar-refractivity contribution in [1.29, 1.82) is 0 Å². The van der Waals surface area contributed by atoms with Gasteiger partial charge in [-0.05, 0) is 24.6 Å². The van der Waals surface area contributed by atoms with Gasteiger partial charge in [0.15, 0.2) is 0 Å². The van der Waals surface area contributed by atoms with Gasteiger partial charge < -0.3 is 9.15 Å². The molecule has 0 unspecified atom stereocenters. The maximum Gasteiger partial charge on any atom is 0.316 e. The standard InChI is InChI=1S/C18H15ClN2O3S/c1-12-6-8-13(9-7-12)10-23-16(22)11-25-18-21-20-17(24-18)14-4-2-3-5-15(14)19/h2-9H,10-11H2,1H3. The van der Waals surface area contributed by atoms with Crippen molar-refractivity contribution in [3.05, 3.63) is 64.7 Å². The number of carbonyl (C=O) groups excluding carboxylic acids is 1. The molecule has 0 saturated heterocycles. The first-order valence-corrected chi connectivity index (χ1v) is 8.90. The lowest BCUT2D eigenvalue weighted by Gasteiger charge is -2.04. The number of esters is 1. The van der Waals surface area contributed by atoms with Gasteiger partial charge in [0.2, 0.25) is 5.89 Å². The molecule has 0 amide bonds. The molecule has 128 valence electrons. The van der Waals surface area contributed by atoms with Crippen molar-refractivity contribution in [1.82, 2.24) is 10.2 Å². The average Bonchev–Trinajstić information content (AvgIpc) is 3.08. The Labute approximate surface area is 154 Å². The quantitative estimate of drug-likeness (QED) is 0.466. The van der Waals surface area contributed by atoms with E-state index in [2.05, 4.69) is 10.2 Å². The van der Waals surface area contributed by atoms with Crippen LogP contribution in [0.25, 0.3) is 11.5 Å². The minimum Gasteiger partial charge on any atom is -0.460 e. The van der Waals surface area contributed by atoms with E-state index in [9.17, 15) is 4.79 Å². The molecule has 7 heteroatoms. The molecular formula is C18H15ClN2O3S. The number of ether oxygens (including phenoxy) is 1. The summed E-state index contributed by atoms with van der Waals surface area (Å²) in [5.74, 6) is 0.0694. The zero-order chi connectivity index (χ0) is 17.6. The fourth-order valence-corrected chi connectivity index (χ4v) is 2.80. The molecule has 0 aliphatic rings. The zero-order valence-corrected chi connectivity index (χ0v) is 15.0. The van der Waals surface area contributed by atoms with E-state index >= 15 is 0 Å². The van der Waals surface area contributed by atoms with Gasteiger partial charge in [-0.25, -0.2) is 0 Å². The first-order valence-electron chi connectivity index (χ1n) is 7.54. The number of halogens is 1. The highest BCUT2D eigenvalue weighted by atomic mass is 35.5. The molecule has 3 rings (SSSR count). The smallest absolute Gasteiger partial charge is 0.316 e. The summed E-state index contributed by atoms with van der Waals surface area (Å²) in [6, 6.07) is 15.0. The molecule has 3 aromatic rings. The lowest BCUT2D eigenvalue weighted by Crippen LogP contribution is -2.07. The number of carbonyl (C=O) groups is 1. The van der Waals surface area contributed by atoms with Crippen molar-refractivity contribution in [3.63, 3.8) is 0 Å². The molecule has 1 heterocycles.